The van der Waals surface area contributed by atoms with Crippen LogP contribution in [-0.2, 0) is 17.9 Å². The lowest BCUT2D eigenvalue weighted by molar-refractivity contribution is -0.131. The molecule has 0 aliphatic carbocycles. The molecule has 0 unspecified atom stereocenters. The fraction of sp³-hybridized carbons (Fsp3) is 0.286. The fourth-order valence-electron chi connectivity index (χ4n) is 3.10. The molecule has 7 heteroatoms. The second-order valence-corrected chi connectivity index (χ2v) is 6.45. The van der Waals surface area contributed by atoms with Crippen molar-refractivity contribution in [3.8, 4) is 5.75 Å². The Labute approximate surface area is 162 Å². The normalized spacial score (nSPS) is 10.8. The molecular formula is C21H23N3O4. The van der Waals surface area contributed by atoms with E-state index >= 15 is 0 Å². The molecule has 0 fully saturated rings. The van der Waals surface area contributed by atoms with E-state index in [1.54, 1.807) is 36.3 Å². The first-order valence-corrected chi connectivity index (χ1v) is 9.16. The molecule has 0 saturated heterocycles. The van der Waals surface area contributed by atoms with Gasteiger partial charge in [0.2, 0.25) is 5.91 Å². The monoisotopic (exact) mass is 381 g/mol. The van der Waals surface area contributed by atoms with E-state index in [2.05, 4.69) is 5.10 Å². The van der Waals surface area contributed by atoms with Crippen molar-refractivity contribution >= 4 is 16.7 Å². The van der Waals surface area contributed by atoms with Crippen LogP contribution in [0.25, 0.3) is 10.8 Å². The minimum absolute atomic E-state index is 0.0841. The number of carbonyl (C=O) groups is 1. The molecule has 0 radical (unpaired) electrons. The number of amides is 1. The van der Waals surface area contributed by atoms with Crippen molar-refractivity contribution in [1.82, 2.24) is 14.7 Å². The molecule has 1 amide bonds. The molecule has 3 aromatic rings. The number of rotatable bonds is 7. The molecule has 0 aliphatic heterocycles. The molecule has 1 aromatic heterocycles. The van der Waals surface area contributed by atoms with Crippen molar-refractivity contribution in [1.29, 1.82) is 0 Å². The summed E-state index contributed by atoms with van der Waals surface area (Å²) in [6, 6.07) is 14.2. The average Bonchev–Trinajstić information content (AvgIpc) is 2.73. The second kappa shape index (κ2) is 8.56. The first-order chi connectivity index (χ1) is 13.5. The summed E-state index contributed by atoms with van der Waals surface area (Å²) in [6.45, 7) is 3.05. The van der Waals surface area contributed by atoms with E-state index in [4.69, 9.17) is 4.74 Å². The van der Waals surface area contributed by atoms with Gasteiger partial charge in [-0.15, -0.1) is 0 Å². The number of nitrogens with one attached hydrogen (secondary N) is 1. The Morgan fingerprint density at radius 1 is 1.07 bits per heavy atom. The molecule has 28 heavy (non-hydrogen) atoms. The smallest absolute Gasteiger partial charge is 0.273 e. The van der Waals surface area contributed by atoms with Gasteiger partial charge in [-0.25, -0.2) is 4.68 Å². The van der Waals surface area contributed by atoms with E-state index in [1.807, 2.05) is 31.2 Å². The Morgan fingerprint density at radius 3 is 2.39 bits per heavy atom. The number of nitrogens with zero attached hydrogens (tertiary/aromatic N) is 2. The predicted octanol–water partition coefficient (Wildman–Crippen LogP) is 2.14. The van der Waals surface area contributed by atoms with Crippen molar-refractivity contribution in [2.24, 2.45) is 0 Å². The van der Waals surface area contributed by atoms with Crippen LogP contribution in [0.15, 0.2) is 58.1 Å². The van der Waals surface area contributed by atoms with Crippen LogP contribution in [0.1, 0.15) is 18.9 Å². The Bertz CT molecular complexity index is 1080. The minimum Gasteiger partial charge on any atom is -0.497 e. The van der Waals surface area contributed by atoms with Crippen LogP contribution in [0.4, 0.5) is 0 Å². The maximum atomic E-state index is 12.6. The highest BCUT2D eigenvalue weighted by atomic mass is 16.5. The number of fused-ring (bicyclic) bond motifs is 1. The number of benzene rings is 2. The van der Waals surface area contributed by atoms with Crippen LogP contribution in [0, 0.1) is 0 Å². The topological polar surface area (TPSA) is 84.4 Å². The highest BCUT2D eigenvalue weighted by molar-refractivity contribution is 5.80. The van der Waals surface area contributed by atoms with Crippen LogP contribution in [-0.4, -0.2) is 34.2 Å². The number of aromatic amines is 1. The Morgan fingerprint density at radius 2 is 1.75 bits per heavy atom. The minimum atomic E-state index is -0.340. The highest BCUT2D eigenvalue weighted by Gasteiger charge is 2.14. The van der Waals surface area contributed by atoms with Crippen LogP contribution in [0.3, 0.4) is 0 Å². The molecule has 0 atom stereocenters. The van der Waals surface area contributed by atoms with E-state index < -0.39 is 0 Å². The zero-order chi connectivity index (χ0) is 20.1. The molecule has 0 bridgehead atoms. The largest absolute Gasteiger partial charge is 0.497 e. The lowest BCUT2D eigenvalue weighted by Gasteiger charge is -2.21. The molecule has 1 heterocycles. The number of H-pyrrole nitrogens is 1. The summed E-state index contributed by atoms with van der Waals surface area (Å²) in [5.74, 6) is 0.678. The molecule has 0 spiro atoms. The Hall–Kier alpha value is -3.35. The van der Waals surface area contributed by atoms with Gasteiger partial charge in [-0.1, -0.05) is 24.3 Å². The Kier molecular flexibility index (Phi) is 5.93. The molecule has 0 aliphatic rings. The number of hydrogen-bond donors (Lipinski definition) is 1. The van der Waals surface area contributed by atoms with Crippen LogP contribution in [0.5, 0.6) is 5.75 Å². The van der Waals surface area contributed by atoms with E-state index in [-0.39, 0.29) is 30.0 Å². The third-order valence-electron chi connectivity index (χ3n) is 4.70. The van der Waals surface area contributed by atoms with Gasteiger partial charge in [0.15, 0.2) is 0 Å². The number of aromatic nitrogens is 2. The SMILES string of the molecule is CCN(Cc1ccc(OC)cc1)C(=O)CCn1[nH]c(=O)c2ccccc2c1=O. The van der Waals surface area contributed by atoms with E-state index in [9.17, 15) is 14.4 Å². The summed E-state index contributed by atoms with van der Waals surface area (Å²) >= 11 is 0. The summed E-state index contributed by atoms with van der Waals surface area (Å²) in [5.41, 5.74) is 0.349. The molecule has 1 N–H and O–H groups in total. The summed E-state index contributed by atoms with van der Waals surface area (Å²) in [5, 5.41) is 3.26. The van der Waals surface area contributed by atoms with Gasteiger partial charge in [-0.3, -0.25) is 19.5 Å². The zero-order valence-corrected chi connectivity index (χ0v) is 16.0. The van der Waals surface area contributed by atoms with Gasteiger partial charge >= 0.3 is 0 Å². The van der Waals surface area contributed by atoms with Crippen LogP contribution < -0.4 is 15.9 Å². The number of methoxy groups -OCH3 is 1. The second-order valence-electron chi connectivity index (χ2n) is 6.45. The maximum absolute atomic E-state index is 12.6. The quantitative estimate of drug-likeness (QED) is 0.680. The van der Waals surface area contributed by atoms with Crippen molar-refractivity contribution in [3.05, 3.63) is 74.8 Å². The molecule has 0 saturated carbocycles. The van der Waals surface area contributed by atoms with Gasteiger partial charge in [0, 0.05) is 19.5 Å². The summed E-state index contributed by atoms with van der Waals surface area (Å²) in [6.07, 6.45) is 0.123. The lowest BCUT2D eigenvalue weighted by atomic mass is 10.2. The lowest BCUT2D eigenvalue weighted by Crippen LogP contribution is -2.34. The van der Waals surface area contributed by atoms with E-state index in [0.717, 1.165) is 11.3 Å². The van der Waals surface area contributed by atoms with E-state index in [0.29, 0.717) is 23.9 Å². The number of carbonyl (C=O) groups excluding carboxylic acids is 1. The Balaban J connectivity index is 1.71. The average molecular weight is 381 g/mol. The third-order valence-corrected chi connectivity index (χ3v) is 4.70. The number of ether oxygens (including phenoxy) is 1. The predicted molar refractivity (Wildman–Crippen MR) is 108 cm³/mol. The van der Waals surface area contributed by atoms with Crippen LogP contribution in [0.2, 0.25) is 0 Å². The van der Waals surface area contributed by atoms with Gasteiger partial charge in [-0.05, 0) is 36.8 Å². The molecular weight excluding hydrogens is 358 g/mol. The summed E-state index contributed by atoms with van der Waals surface area (Å²) < 4.78 is 6.36. The van der Waals surface area contributed by atoms with Crippen molar-refractivity contribution in [2.45, 2.75) is 26.4 Å². The molecule has 2 aromatic carbocycles. The van der Waals surface area contributed by atoms with Gasteiger partial charge in [-0.2, -0.15) is 0 Å². The van der Waals surface area contributed by atoms with Crippen molar-refractivity contribution in [2.75, 3.05) is 13.7 Å². The summed E-state index contributed by atoms with van der Waals surface area (Å²) in [7, 11) is 1.61. The molecule has 146 valence electrons. The first-order valence-electron chi connectivity index (χ1n) is 9.16. The first kappa shape index (κ1) is 19.4. The summed E-state index contributed by atoms with van der Waals surface area (Å²) in [4.78, 5) is 39.0. The van der Waals surface area contributed by atoms with Crippen molar-refractivity contribution < 1.29 is 9.53 Å². The number of aryl methyl sites for hydroxylation is 1. The molecule has 3 rings (SSSR count). The van der Waals surface area contributed by atoms with Gasteiger partial charge < -0.3 is 9.64 Å². The van der Waals surface area contributed by atoms with Crippen molar-refractivity contribution in [3.63, 3.8) is 0 Å². The maximum Gasteiger partial charge on any atom is 0.273 e. The van der Waals surface area contributed by atoms with Gasteiger partial charge in [0.05, 0.1) is 24.4 Å². The zero-order valence-electron chi connectivity index (χ0n) is 16.0. The third kappa shape index (κ3) is 4.14. The molecule has 7 nitrogen and oxygen atoms in total. The standard InChI is InChI=1S/C21H23N3O4/c1-3-23(14-15-8-10-16(28-2)11-9-15)19(25)12-13-24-21(27)18-7-5-4-6-17(18)20(26)22-24/h4-11H,3,12-14H2,1-2H3,(H,22,26). The van der Waals surface area contributed by atoms with Gasteiger partial charge in [0.1, 0.15) is 5.75 Å². The van der Waals surface area contributed by atoms with Gasteiger partial charge in [0.25, 0.3) is 11.1 Å². The fourth-order valence-corrected chi connectivity index (χ4v) is 3.10. The van der Waals surface area contributed by atoms with Crippen LogP contribution >= 0.6 is 0 Å². The van der Waals surface area contributed by atoms with E-state index in [1.165, 1.54) is 4.68 Å². The number of hydrogen-bond acceptors (Lipinski definition) is 4. The highest BCUT2D eigenvalue weighted by Crippen LogP contribution is 2.13.